The highest BCUT2D eigenvalue weighted by Gasteiger charge is 2.48. The predicted molar refractivity (Wildman–Crippen MR) is 98.7 cm³/mol. The maximum Gasteiger partial charge on any atom is 0.173 e. The van der Waals surface area contributed by atoms with Crippen molar-refractivity contribution >= 4 is 11.4 Å². The average Bonchev–Trinajstić information content (AvgIpc) is 2.68. The highest BCUT2D eigenvalue weighted by atomic mass is 16.5. The standard InChI is InChI=1S/C21H27NO4/c1-3-10-22-11-17-19(26-13-22)9-8-16-20(23)18(12-25-21(16)17)14-4-6-15(24-2)7-5-14/h4-7,12,16-17,19,21H,3,8-11,13H2,1-2H3. The van der Waals surface area contributed by atoms with Gasteiger partial charge in [-0.15, -0.1) is 0 Å². The van der Waals surface area contributed by atoms with Gasteiger partial charge in [0.2, 0.25) is 0 Å². The molecule has 0 spiro atoms. The van der Waals surface area contributed by atoms with Crippen molar-refractivity contribution in [2.45, 2.75) is 38.4 Å². The number of fused-ring (bicyclic) bond motifs is 3. The first-order valence-corrected chi connectivity index (χ1v) is 9.59. The molecule has 5 heteroatoms. The zero-order chi connectivity index (χ0) is 18.1. The molecule has 4 atom stereocenters. The number of hydrogen-bond donors (Lipinski definition) is 0. The Balaban J connectivity index is 1.54. The summed E-state index contributed by atoms with van der Waals surface area (Å²) >= 11 is 0. The van der Waals surface area contributed by atoms with Gasteiger partial charge in [0, 0.05) is 19.0 Å². The van der Waals surface area contributed by atoms with E-state index in [2.05, 4.69) is 11.8 Å². The summed E-state index contributed by atoms with van der Waals surface area (Å²) in [4.78, 5) is 15.5. The average molecular weight is 357 g/mol. The summed E-state index contributed by atoms with van der Waals surface area (Å²) in [5, 5.41) is 0. The second kappa shape index (κ2) is 7.41. The van der Waals surface area contributed by atoms with Gasteiger partial charge in [-0.1, -0.05) is 19.1 Å². The Morgan fingerprint density at radius 2 is 2.04 bits per heavy atom. The van der Waals surface area contributed by atoms with Crippen molar-refractivity contribution in [1.29, 1.82) is 0 Å². The van der Waals surface area contributed by atoms with Gasteiger partial charge in [0.05, 0.1) is 37.7 Å². The molecule has 0 amide bonds. The molecule has 3 aliphatic rings. The third-order valence-corrected chi connectivity index (χ3v) is 5.88. The van der Waals surface area contributed by atoms with E-state index in [1.165, 1.54) is 0 Å². The molecule has 0 bridgehead atoms. The van der Waals surface area contributed by atoms with E-state index in [1.54, 1.807) is 13.4 Å². The monoisotopic (exact) mass is 357 g/mol. The number of carbonyl (C=O) groups excluding carboxylic acids is 1. The fourth-order valence-corrected chi connectivity index (χ4v) is 4.55. The first kappa shape index (κ1) is 17.6. The van der Waals surface area contributed by atoms with Gasteiger partial charge in [-0.25, -0.2) is 0 Å². The molecule has 1 aliphatic carbocycles. The second-order valence-electron chi connectivity index (χ2n) is 7.48. The molecule has 4 rings (SSSR count). The minimum absolute atomic E-state index is 0.0662. The van der Waals surface area contributed by atoms with E-state index >= 15 is 0 Å². The topological polar surface area (TPSA) is 48.0 Å². The Hall–Kier alpha value is -1.85. The van der Waals surface area contributed by atoms with E-state index in [4.69, 9.17) is 14.2 Å². The largest absolute Gasteiger partial charge is 0.497 e. The summed E-state index contributed by atoms with van der Waals surface area (Å²) in [7, 11) is 1.64. The summed E-state index contributed by atoms with van der Waals surface area (Å²) in [5.41, 5.74) is 1.57. The summed E-state index contributed by atoms with van der Waals surface area (Å²) in [5.74, 6) is 1.19. The first-order valence-electron chi connectivity index (χ1n) is 9.59. The van der Waals surface area contributed by atoms with Crippen molar-refractivity contribution in [3.8, 4) is 5.75 Å². The van der Waals surface area contributed by atoms with Crippen LogP contribution < -0.4 is 4.74 Å². The molecule has 2 fully saturated rings. The summed E-state index contributed by atoms with van der Waals surface area (Å²) in [6.07, 6.45) is 4.71. The van der Waals surface area contributed by atoms with Crippen LogP contribution >= 0.6 is 0 Å². The van der Waals surface area contributed by atoms with Gasteiger partial charge in [-0.3, -0.25) is 9.69 Å². The minimum atomic E-state index is -0.0668. The SMILES string of the molecule is CCCN1COC2CCC3C(=O)C(c4ccc(OC)cc4)=COC3C2C1. The number of hydrogen-bond acceptors (Lipinski definition) is 5. The first-order chi connectivity index (χ1) is 12.7. The van der Waals surface area contributed by atoms with Crippen molar-refractivity contribution in [3.05, 3.63) is 36.1 Å². The van der Waals surface area contributed by atoms with Crippen molar-refractivity contribution in [2.75, 3.05) is 26.9 Å². The zero-order valence-electron chi connectivity index (χ0n) is 15.5. The molecule has 4 unspecified atom stereocenters. The molecule has 2 aliphatic heterocycles. The van der Waals surface area contributed by atoms with Crippen molar-refractivity contribution in [2.24, 2.45) is 11.8 Å². The lowest BCUT2D eigenvalue weighted by molar-refractivity contribution is -0.169. The molecule has 1 aromatic carbocycles. The van der Waals surface area contributed by atoms with Crippen LogP contribution in [0.1, 0.15) is 31.7 Å². The molecule has 140 valence electrons. The van der Waals surface area contributed by atoms with Crippen molar-refractivity contribution in [3.63, 3.8) is 0 Å². The molecule has 0 N–H and O–H groups in total. The number of allylic oxidation sites excluding steroid dienone is 1. The molecule has 26 heavy (non-hydrogen) atoms. The maximum absolute atomic E-state index is 13.2. The Morgan fingerprint density at radius 1 is 1.23 bits per heavy atom. The number of rotatable bonds is 4. The number of Topliss-reactive ketones (excluding diaryl/α,β-unsaturated/α-hetero) is 1. The Kier molecular flexibility index (Phi) is 5.00. The lowest BCUT2D eigenvalue weighted by atomic mass is 9.71. The molecule has 2 heterocycles. The van der Waals surface area contributed by atoms with E-state index < -0.39 is 0 Å². The highest BCUT2D eigenvalue weighted by Crippen LogP contribution is 2.42. The van der Waals surface area contributed by atoms with Crippen LogP contribution in [0.3, 0.4) is 0 Å². The molecule has 0 radical (unpaired) electrons. The van der Waals surface area contributed by atoms with Crippen LogP contribution in [0.25, 0.3) is 5.57 Å². The Labute approximate surface area is 154 Å². The fourth-order valence-electron chi connectivity index (χ4n) is 4.55. The number of nitrogens with zero attached hydrogens (tertiary/aromatic N) is 1. The Bertz CT molecular complexity index is 684. The lowest BCUT2D eigenvalue weighted by Crippen LogP contribution is -2.56. The van der Waals surface area contributed by atoms with Crippen LogP contribution in [-0.2, 0) is 14.3 Å². The van der Waals surface area contributed by atoms with E-state index in [-0.39, 0.29) is 29.8 Å². The molecular formula is C21H27NO4. The quantitative estimate of drug-likeness (QED) is 0.829. The van der Waals surface area contributed by atoms with Crippen molar-refractivity contribution in [1.82, 2.24) is 4.90 Å². The van der Waals surface area contributed by atoms with Crippen molar-refractivity contribution < 1.29 is 19.0 Å². The normalized spacial score (nSPS) is 31.5. The number of methoxy groups -OCH3 is 1. The van der Waals surface area contributed by atoms with Crippen LogP contribution in [0.5, 0.6) is 5.75 Å². The van der Waals surface area contributed by atoms with Gasteiger partial charge in [0.1, 0.15) is 11.9 Å². The number of benzene rings is 1. The molecule has 0 aromatic heterocycles. The van der Waals surface area contributed by atoms with Gasteiger partial charge < -0.3 is 14.2 Å². The van der Waals surface area contributed by atoms with Gasteiger partial charge in [-0.05, 0) is 37.0 Å². The van der Waals surface area contributed by atoms with E-state index in [0.29, 0.717) is 12.3 Å². The molecule has 1 saturated carbocycles. The van der Waals surface area contributed by atoms with Crippen LogP contribution in [0.15, 0.2) is 30.5 Å². The van der Waals surface area contributed by atoms with Gasteiger partial charge in [0.25, 0.3) is 0 Å². The molecule has 5 nitrogen and oxygen atoms in total. The summed E-state index contributed by atoms with van der Waals surface area (Å²) in [6.45, 7) is 4.87. The van der Waals surface area contributed by atoms with Gasteiger partial charge >= 0.3 is 0 Å². The van der Waals surface area contributed by atoms with Crippen LogP contribution in [-0.4, -0.2) is 49.8 Å². The molecule has 1 saturated heterocycles. The lowest BCUT2D eigenvalue weighted by Gasteiger charge is -2.48. The van der Waals surface area contributed by atoms with Gasteiger partial charge in [0.15, 0.2) is 5.78 Å². The fraction of sp³-hybridized carbons (Fsp3) is 0.571. The van der Waals surface area contributed by atoms with Gasteiger partial charge in [-0.2, -0.15) is 0 Å². The smallest absolute Gasteiger partial charge is 0.173 e. The number of carbonyl (C=O) groups is 1. The third kappa shape index (κ3) is 3.14. The number of ketones is 1. The van der Waals surface area contributed by atoms with E-state index in [9.17, 15) is 4.79 Å². The predicted octanol–water partition coefficient (Wildman–Crippen LogP) is 3.10. The van der Waals surface area contributed by atoms with Crippen LogP contribution in [0.2, 0.25) is 0 Å². The van der Waals surface area contributed by atoms with E-state index in [0.717, 1.165) is 43.7 Å². The zero-order valence-corrected chi connectivity index (χ0v) is 15.5. The second-order valence-corrected chi connectivity index (χ2v) is 7.48. The van der Waals surface area contributed by atoms with E-state index in [1.807, 2.05) is 24.3 Å². The Morgan fingerprint density at radius 3 is 2.77 bits per heavy atom. The molecular weight excluding hydrogens is 330 g/mol. The molecule has 1 aromatic rings. The summed E-state index contributed by atoms with van der Waals surface area (Å²) in [6, 6.07) is 7.60. The van der Waals surface area contributed by atoms with Crippen LogP contribution in [0.4, 0.5) is 0 Å². The summed E-state index contributed by atoms with van der Waals surface area (Å²) < 4.78 is 17.4. The highest BCUT2D eigenvalue weighted by molar-refractivity contribution is 6.22. The number of ether oxygens (including phenoxy) is 3. The van der Waals surface area contributed by atoms with Crippen LogP contribution in [0, 0.1) is 11.8 Å². The minimum Gasteiger partial charge on any atom is -0.497 e. The third-order valence-electron chi connectivity index (χ3n) is 5.88. The maximum atomic E-state index is 13.2.